The SMILES string of the molecule is CN1CC2CN(CCCN)CC(C1)C2=O. The third kappa shape index (κ3) is 2.38. The topological polar surface area (TPSA) is 49.6 Å². The summed E-state index contributed by atoms with van der Waals surface area (Å²) in [5.74, 6) is 0.998. The van der Waals surface area contributed by atoms with Crippen molar-refractivity contribution in [2.75, 3.05) is 46.3 Å². The molecule has 86 valence electrons. The number of carbonyl (C=O) groups is 1. The van der Waals surface area contributed by atoms with Gasteiger partial charge >= 0.3 is 0 Å². The molecule has 4 heteroatoms. The van der Waals surface area contributed by atoms with Crippen LogP contribution in [0.25, 0.3) is 0 Å². The van der Waals surface area contributed by atoms with Crippen LogP contribution in [0.1, 0.15) is 6.42 Å². The average Bonchev–Trinajstić information content (AvgIpc) is 2.18. The lowest BCUT2D eigenvalue weighted by Gasteiger charge is -2.43. The van der Waals surface area contributed by atoms with Crippen LogP contribution in [0.2, 0.25) is 0 Å². The van der Waals surface area contributed by atoms with E-state index >= 15 is 0 Å². The van der Waals surface area contributed by atoms with Gasteiger partial charge in [-0.2, -0.15) is 0 Å². The van der Waals surface area contributed by atoms with Gasteiger partial charge in [-0.05, 0) is 26.6 Å². The van der Waals surface area contributed by atoms with Crippen molar-refractivity contribution >= 4 is 5.78 Å². The number of carbonyl (C=O) groups excluding carboxylic acids is 1. The van der Waals surface area contributed by atoms with E-state index in [1.807, 2.05) is 0 Å². The van der Waals surface area contributed by atoms with Gasteiger partial charge in [-0.25, -0.2) is 0 Å². The molecule has 4 nitrogen and oxygen atoms in total. The van der Waals surface area contributed by atoms with Gasteiger partial charge in [-0.15, -0.1) is 0 Å². The molecule has 2 aliphatic heterocycles. The van der Waals surface area contributed by atoms with E-state index in [1.165, 1.54) is 0 Å². The van der Waals surface area contributed by atoms with Crippen LogP contribution in [-0.4, -0.2) is 61.9 Å². The molecule has 2 heterocycles. The Morgan fingerprint density at radius 3 is 2.40 bits per heavy atom. The minimum atomic E-state index is 0.250. The van der Waals surface area contributed by atoms with Crippen molar-refractivity contribution in [2.24, 2.45) is 17.6 Å². The fourth-order valence-electron chi connectivity index (χ4n) is 2.83. The molecule has 0 aromatic rings. The lowest BCUT2D eigenvalue weighted by molar-refractivity contribution is -0.136. The molecular formula is C11H21N3O. The molecule has 2 atom stereocenters. The minimum Gasteiger partial charge on any atom is -0.330 e. The van der Waals surface area contributed by atoms with Gasteiger partial charge in [0, 0.05) is 38.0 Å². The highest BCUT2D eigenvalue weighted by Gasteiger charge is 2.39. The van der Waals surface area contributed by atoms with Crippen LogP contribution in [0.15, 0.2) is 0 Å². The van der Waals surface area contributed by atoms with Crippen LogP contribution in [0.4, 0.5) is 0 Å². The molecule has 2 bridgehead atoms. The monoisotopic (exact) mass is 211 g/mol. The van der Waals surface area contributed by atoms with Crippen molar-refractivity contribution in [3.63, 3.8) is 0 Å². The van der Waals surface area contributed by atoms with Gasteiger partial charge in [0.2, 0.25) is 0 Å². The zero-order chi connectivity index (χ0) is 10.8. The second-order valence-electron chi connectivity index (χ2n) is 4.92. The van der Waals surface area contributed by atoms with Crippen LogP contribution in [0.3, 0.4) is 0 Å². The third-order valence-corrected chi connectivity index (χ3v) is 3.50. The third-order valence-electron chi connectivity index (χ3n) is 3.50. The number of nitrogens with zero attached hydrogens (tertiary/aromatic N) is 2. The Hall–Kier alpha value is -0.450. The summed E-state index contributed by atoms with van der Waals surface area (Å²) in [6, 6.07) is 0. The van der Waals surface area contributed by atoms with Crippen molar-refractivity contribution in [3.05, 3.63) is 0 Å². The number of likely N-dealkylation sites (tertiary alicyclic amines) is 2. The number of ketones is 1. The highest BCUT2D eigenvalue weighted by atomic mass is 16.1. The quantitative estimate of drug-likeness (QED) is 0.677. The smallest absolute Gasteiger partial charge is 0.144 e. The largest absolute Gasteiger partial charge is 0.330 e. The Bertz CT molecular complexity index is 226. The van der Waals surface area contributed by atoms with Crippen molar-refractivity contribution < 1.29 is 4.79 Å². The fraction of sp³-hybridized carbons (Fsp3) is 0.909. The van der Waals surface area contributed by atoms with Gasteiger partial charge in [0.15, 0.2) is 0 Å². The molecule has 2 unspecified atom stereocenters. The number of rotatable bonds is 3. The Kier molecular flexibility index (Phi) is 3.38. The summed E-state index contributed by atoms with van der Waals surface area (Å²) in [7, 11) is 2.11. The summed E-state index contributed by atoms with van der Waals surface area (Å²) in [6.07, 6.45) is 1.05. The molecule has 0 spiro atoms. The molecule has 0 amide bonds. The fourth-order valence-corrected chi connectivity index (χ4v) is 2.83. The van der Waals surface area contributed by atoms with E-state index < -0.39 is 0 Å². The second-order valence-corrected chi connectivity index (χ2v) is 4.92. The van der Waals surface area contributed by atoms with Crippen molar-refractivity contribution in [1.29, 1.82) is 0 Å². The molecule has 0 radical (unpaired) electrons. The van der Waals surface area contributed by atoms with E-state index in [0.717, 1.165) is 45.7 Å². The molecule has 15 heavy (non-hydrogen) atoms. The Balaban J connectivity index is 1.94. The molecular weight excluding hydrogens is 190 g/mol. The van der Waals surface area contributed by atoms with Crippen molar-refractivity contribution in [1.82, 2.24) is 9.80 Å². The zero-order valence-electron chi connectivity index (χ0n) is 9.48. The molecule has 0 aromatic carbocycles. The van der Waals surface area contributed by atoms with E-state index in [1.54, 1.807) is 0 Å². The first-order chi connectivity index (χ1) is 7.20. The average molecular weight is 211 g/mol. The normalized spacial score (nSPS) is 33.3. The summed E-state index contributed by atoms with van der Waals surface area (Å²) in [4.78, 5) is 16.6. The zero-order valence-corrected chi connectivity index (χ0v) is 9.48. The van der Waals surface area contributed by atoms with Crippen LogP contribution >= 0.6 is 0 Å². The summed E-state index contributed by atoms with van der Waals surface area (Å²) in [5.41, 5.74) is 5.51. The second kappa shape index (κ2) is 4.60. The lowest BCUT2D eigenvalue weighted by atomic mass is 9.83. The standard InChI is InChI=1S/C11H21N3O/c1-13-5-9-7-14(4-2-3-12)8-10(6-13)11(9)15/h9-10H,2-8,12H2,1H3. The molecule has 0 saturated carbocycles. The lowest BCUT2D eigenvalue weighted by Crippen LogP contribution is -2.57. The first-order valence-corrected chi connectivity index (χ1v) is 5.85. The van der Waals surface area contributed by atoms with E-state index in [-0.39, 0.29) is 11.8 Å². The van der Waals surface area contributed by atoms with E-state index in [4.69, 9.17) is 5.73 Å². The summed E-state index contributed by atoms with van der Waals surface area (Å²) < 4.78 is 0. The predicted octanol–water partition coefficient (Wildman–Crippen LogP) is -0.602. The van der Waals surface area contributed by atoms with Crippen LogP contribution in [-0.2, 0) is 4.79 Å². The van der Waals surface area contributed by atoms with Crippen molar-refractivity contribution in [2.45, 2.75) is 6.42 Å². The van der Waals surface area contributed by atoms with Gasteiger partial charge in [-0.1, -0.05) is 0 Å². The van der Waals surface area contributed by atoms with E-state index in [0.29, 0.717) is 5.78 Å². The number of piperidine rings is 2. The summed E-state index contributed by atoms with van der Waals surface area (Å²) >= 11 is 0. The highest BCUT2D eigenvalue weighted by molar-refractivity contribution is 5.85. The van der Waals surface area contributed by atoms with Gasteiger partial charge < -0.3 is 15.5 Å². The Morgan fingerprint density at radius 1 is 1.27 bits per heavy atom. The van der Waals surface area contributed by atoms with Gasteiger partial charge in [0.25, 0.3) is 0 Å². The molecule has 2 rings (SSSR count). The molecule has 0 aromatic heterocycles. The Morgan fingerprint density at radius 2 is 1.87 bits per heavy atom. The number of nitrogens with two attached hydrogens (primary N) is 1. The predicted molar refractivity (Wildman–Crippen MR) is 59.6 cm³/mol. The van der Waals surface area contributed by atoms with Crippen LogP contribution < -0.4 is 5.73 Å². The Labute approximate surface area is 91.4 Å². The molecule has 2 saturated heterocycles. The van der Waals surface area contributed by atoms with Crippen LogP contribution in [0, 0.1) is 11.8 Å². The van der Waals surface area contributed by atoms with Gasteiger partial charge in [0.05, 0.1) is 0 Å². The molecule has 0 aliphatic carbocycles. The highest BCUT2D eigenvalue weighted by Crippen LogP contribution is 2.24. The number of fused-ring (bicyclic) bond motifs is 2. The van der Waals surface area contributed by atoms with Crippen LogP contribution in [0.5, 0.6) is 0 Å². The molecule has 2 N–H and O–H groups in total. The summed E-state index contributed by atoms with van der Waals surface area (Å²) in [5, 5.41) is 0. The van der Waals surface area contributed by atoms with E-state index in [9.17, 15) is 4.79 Å². The maximum Gasteiger partial charge on any atom is 0.144 e. The minimum absolute atomic E-state index is 0.250. The van der Waals surface area contributed by atoms with Crippen molar-refractivity contribution in [3.8, 4) is 0 Å². The molecule has 2 fully saturated rings. The number of hydrogen-bond donors (Lipinski definition) is 1. The van der Waals surface area contributed by atoms with Gasteiger partial charge in [0.1, 0.15) is 5.78 Å². The number of Topliss-reactive ketones (excluding diaryl/α,β-unsaturated/α-hetero) is 1. The maximum atomic E-state index is 11.9. The first kappa shape index (κ1) is 11.0. The van der Waals surface area contributed by atoms with Gasteiger partial charge in [-0.3, -0.25) is 4.79 Å². The molecule has 2 aliphatic rings. The van der Waals surface area contributed by atoms with E-state index in [2.05, 4.69) is 16.8 Å². The maximum absolute atomic E-state index is 11.9. The first-order valence-electron chi connectivity index (χ1n) is 5.85. The number of hydrogen-bond acceptors (Lipinski definition) is 4. The summed E-state index contributed by atoms with van der Waals surface area (Å²) in [6.45, 7) is 5.57.